The first kappa shape index (κ1) is 19.0. The predicted octanol–water partition coefficient (Wildman–Crippen LogP) is 5.81. The summed E-state index contributed by atoms with van der Waals surface area (Å²) in [6.45, 7) is 0. The Hall–Kier alpha value is -2.96. The van der Waals surface area contributed by atoms with Crippen molar-refractivity contribution in [1.82, 2.24) is 14.9 Å². The number of nitrogens with zero attached hydrogens (tertiary/aromatic N) is 3. The van der Waals surface area contributed by atoms with E-state index in [1.807, 2.05) is 42.6 Å². The molecule has 1 aliphatic rings. The number of halogens is 1. The van der Waals surface area contributed by atoms with Crippen LogP contribution in [0.25, 0.3) is 5.69 Å². The van der Waals surface area contributed by atoms with Crippen molar-refractivity contribution in [2.24, 2.45) is 0 Å². The predicted molar refractivity (Wildman–Crippen MR) is 128 cm³/mol. The van der Waals surface area contributed by atoms with Gasteiger partial charge in [0.15, 0.2) is 5.11 Å². The fraction of sp³-hybridized carbons (Fsp3) is 0.0833. The minimum Gasteiger partial charge on any atom is -0.351 e. The molecule has 5 rings (SSSR count). The molecular weight excluding hydrogens is 456 g/mol. The first-order valence-electron chi connectivity index (χ1n) is 9.71. The zero-order valence-electron chi connectivity index (χ0n) is 16.0. The fourth-order valence-corrected chi connectivity index (χ4v) is 4.60. The molecular formula is C24H19BrN4S. The zero-order valence-corrected chi connectivity index (χ0v) is 18.4. The van der Waals surface area contributed by atoms with E-state index in [4.69, 9.17) is 12.2 Å². The largest absolute Gasteiger partial charge is 0.351 e. The average molecular weight is 475 g/mol. The van der Waals surface area contributed by atoms with Gasteiger partial charge >= 0.3 is 0 Å². The number of hydrogen-bond acceptors (Lipinski definition) is 2. The van der Waals surface area contributed by atoms with Crippen molar-refractivity contribution in [3.8, 4) is 5.69 Å². The van der Waals surface area contributed by atoms with Crippen molar-refractivity contribution < 1.29 is 0 Å². The molecule has 0 saturated carbocycles. The smallest absolute Gasteiger partial charge is 0.174 e. The van der Waals surface area contributed by atoms with Gasteiger partial charge in [-0.15, -0.1) is 0 Å². The first-order valence-corrected chi connectivity index (χ1v) is 10.9. The first-order chi connectivity index (χ1) is 14.7. The Bertz CT molecular complexity index is 1160. The van der Waals surface area contributed by atoms with E-state index in [9.17, 15) is 0 Å². The molecule has 148 valence electrons. The standard InChI is InChI=1S/C24H19BrN4S/c25-17-11-13-19(14-12-17)29-23(22(27-24(29)30)20-9-4-5-15-26-20)21-10-6-16-28(21)18-7-2-1-3-8-18/h1-16,22-23H,(H,27,30). The summed E-state index contributed by atoms with van der Waals surface area (Å²) in [4.78, 5) is 6.82. The lowest BCUT2D eigenvalue weighted by molar-refractivity contribution is 0.549. The lowest BCUT2D eigenvalue weighted by Crippen LogP contribution is -2.30. The number of pyridine rings is 1. The third-order valence-electron chi connectivity index (χ3n) is 5.32. The molecule has 0 spiro atoms. The summed E-state index contributed by atoms with van der Waals surface area (Å²) in [5.74, 6) is 0. The second-order valence-electron chi connectivity index (χ2n) is 7.11. The summed E-state index contributed by atoms with van der Waals surface area (Å²) in [7, 11) is 0. The molecule has 0 aliphatic carbocycles. The minimum atomic E-state index is -0.0697. The molecule has 2 aromatic carbocycles. The van der Waals surface area contributed by atoms with E-state index in [0.717, 1.165) is 27.2 Å². The maximum absolute atomic E-state index is 5.81. The van der Waals surface area contributed by atoms with Crippen LogP contribution in [-0.4, -0.2) is 14.7 Å². The molecule has 4 aromatic rings. The van der Waals surface area contributed by atoms with E-state index < -0.39 is 0 Å². The quantitative estimate of drug-likeness (QED) is 0.378. The molecule has 2 atom stereocenters. The number of thiocarbonyl (C=S) groups is 1. The van der Waals surface area contributed by atoms with Gasteiger partial charge in [0.05, 0.1) is 11.7 Å². The molecule has 0 radical (unpaired) electrons. The van der Waals surface area contributed by atoms with Crippen molar-refractivity contribution in [3.05, 3.63) is 113 Å². The minimum absolute atomic E-state index is 0.0521. The molecule has 1 saturated heterocycles. The second-order valence-corrected chi connectivity index (χ2v) is 8.41. The molecule has 1 N–H and O–H groups in total. The summed E-state index contributed by atoms with van der Waals surface area (Å²) >= 11 is 9.34. The van der Waals surface area contributed by atoms with E-state index in [1.165, 1.54) is 0 Å². The molecule has 1 fully saturated rings. The Balaban J connectivity index is 1.67. The lowest BCUT2D eigenvalue weighted by atomic mass is 10.0. The van der Waals surface area contributed by atoms with Crippen LogP contribution in [0.3, 0.4) is 0 Å². The molecule has 0 bridgehead atoms. The molecule has 0 amide bonds. The highest BCUT2D eigenvalue weighted by molar-refractivity contribution is 9.10. The van der Waals surface area contributed by atoms with Gasteiger partial charge in [-0.05, 0) is 72.9 Å². The highest BCUT2D eigenvalue weighted by atomic mass is 79.9. The number of hydrogen-bond donors (Lipinski definition) is 1. The van der Waals surface area contributed by atoms with E-state index in [0.29, 0.717) is 5.11 Å². The van der Waals surface area contributed by atoms with Crippen molar-refractivity contribution in [2.45, 2.75) is 12.1 Å². The Morgan fingerprint density at radius 2 is 1.60 bits per heavy atom. The van der Waals surface area contributed by atoms with Gasteiger partial charge in [0, 0.05) is 33.9 Å². The number of anilines is 1. The van der Waals surface area contributed by atoms with Crippen LogP contribution in [-0.2, 0) is 0 Å². The number of rotatable bonds is 4. The molecule has 4 nitrogen and oxygen atoms in total. The van der Waals surface area contributed by atoms with Gasteiger partial charge < -0.3 is 14.8 Å². The lowest BCUT2D eigenvalue weighted by Gasteiger charge is -2.29. The average Bonchev–Trinajstić information content (AvgIpc) is 3.40. The summed E-state index contributed by atoms with van der Waals surface area (Å²) in [6.07, 6.45) is 3.93. The summed E-state index contributed by atoms with van der Waals surface area (Å²) < 4.78 is 3.26. The van der Waals surface area contributed by atoms with Gasteiger partial charge in [0.2, 0.25) is 0 Å². The number of benzene rings is 2. The highest BCUT2D eigenvalue weighted by Gasteiger charge is 2.42. The van der Waals surface area contributed by atoms with Crippen molar-refractivity contribution in [3.63, 3.8) is 0 Å². The number of nitrogens with one attached hydrogen (secondary N) is 1. The Kier molecular flexibility index (Phi) is 5.11. The van der Waals surface area contributed by atoms with Crippen LogP contribution in [0.1, 0.15) is 23.5 Å². The summed E-state index contributed by atoms with van der Waals surface area (Å²) in [5, 5.41) is 4.21. The van der Waals surface area contributed by atoms with Gasteiger partial charge in [-0.1, -0.05) is 40.2 Å². The van der Waals surface area contributed by atoms with E-state index in [1.54, 1.807) is 0 Å². The van der Waals surface area contributed by atoms with Crippen LogP contribution >= 0.6 is 28.1 Å². The van der Waals surface area contributed by atoms with Gasteiger partial charge in [0.1, 0.15) is 6.04 Å². The SMILES string of the molecule is S=C1NC(c2ccccn2)C(c2cccn2-c2ccccc2)N1c1ccc(Br)cc1. The van der Waals surface area contributed by atoms with Crippen molar-refractivity contribution in [1.29, 1.82) is 0 Å². The molecule has 30 heavy (non-hydrogen) atoms. The van der Waals surface area contributed by atoms with Crippen LogP contribution in [0.5, 0.6) is 0 Å². The maximum atomic E-state index is 5.81. The third-order valence-corrected chi connectivity index (χ3v) is 6.16. The molecule has 1 aliphatic heterocycles. The molecule has 2 unspecified atom stereocenters. The highest BCUT2D eigenvalue weighted by Crippen LogP contribution is 2.42. The van der Waals surface area contributed by atoms with E-state index in [2.05, 4.69) is 90.4 Å². The number of aromatic nitrogens is 2. The topological polar surface area (TPSA) is 33.1 Å². The monoisotopic (exact) mass is 474 g/mol. The molecule has 2 aromatic heterocycles. The third kappa shape index (κ3) is 3.42. The van der Waals surface area contributed by atoms with Crippen LogP contribution in [0.4, 0.5) is 5.69 Å². The molecule has 3 heterocycles. The Morgan fingerprint density at radius 1 is 0.833 bits per heavy atom. The van der Waals surface area contributed by atoms with E-state index >= 15 is 0 Å². The van der Waals surface area contributed by atoms with Gasteiger partial charge in [-0.2, -0.15) is 0 Å². The zero-order chi connectivity index (χ0) is 20.5. The van der Waals surface area contributed by atoms with Crippen molar-refractivity contribution in [2.75, 3.05) is 4.90 Å². The van der Waals surface area contributed by atoms with Crippen LogP contribution in [0.15, 0.2) is 102 Å². The maximum Gasteiger partial charge on any atom is 0.174 e. The van der Waals surface area contributed by atoms with Gasteiger partial charge in [-0.25, -0.2) is 0 Å². The van der Waals surface area contributed by atoms with Crippen molar-refractivity contribution >= 4 is 38.9 Å². The Labute approximate surface area is 189 Å². The molecule has 6 heteroatoms. The number of para-hydroxylation sites is 1. The second kappa shape index (κ2) is 8.05. The van der Waals surface area contributed by atoms with Crippen LogP contribution in [0, 0.1) is 0 Å². The van der Waals surface area contributed by atoms with Crippen LogP contribution < -0.4 is 10.2 Å². The summed E-state index contributed by atoms with van der Waals surface area (Å²) in [6, 6.07) is 28.7. The Morgan fingerprint density at radius 3 is 2.33 bits per heavy atom. The summed E-state index contributed by atoms with van der Waals surface area (Å²) in [5.41, 5.74) is 4.27. The fourth-order valence-electron chi connectivity index (χ4n) is 3.99. The van der Waals surface area contributed by atoms with Gasteiger partial charge in [0.25, 0.3) is 0 Å². The van der Waals surface area contributed by atoms with Crippen LogP contribution in [0.2, 0.25) is 0 Å². The van der Waals surface area contributed by atoms with E-state index in [-0.39, 0.29) is 12.1 Å². The normalized spacial score (nSPS) is 18.4. The van der Waals surface area contributed by atoms with Gasteiger partial charge in [-0.3, -0.25) is 4.98 Å².